The van der Waals surface area contributed by atoms with Crippen molar-refractivity contribution in [2.75, 3.05) is 30.4 Å². The van der Waals surface area contributed by atoms with Crippen LogP contribution in [0.5, 0.6) is 0 Å². The van der Waals surface area contributed by atoms with E-state index in [4.69, 9.17) is 0 Å². The number of amides is 1. The van der Waals surface area contributed by atoms with Gasteiger partial charge in [-0.1, -0.05) is 12.1 Å². The van der Waals surface area contributed by atoms with E-state index in [1.807, 2.05) is 11.0 Å². The minimum absolute atomic E-state index is 0.197. The Bertz CT molecular complexity index is 944. The Hall–Kier alpha value is -2.49. The summed E-state index contributed by atoms with van der Waals surface area (Å²) in [6, 6.07) is 8.64. The minimum Gasteiger partial charge on any atom is -0.363 e. The largest absolute Gasteiger partial charge is 0.363 e. The van der Waals surface area contributed by atoms with Gasteiger partial charge in [-0.3, -0.25) is 4.79 Å². The number of nitrogens with zero attached hydrogens (tertiary/aromatic N) is 2. The van der Waals surface area contributed by atoms with Gasteiger partial charge in [0.25, 0.3) is 5.91 Å². The second-order valence-electron chi connectivity index (χ2n) is 8.84. The maximum Gasteiger partial charge on any atom is 0.254 e. The highest BCUT2D eigenvalue weighted by Gasteiger charge is 2.29. The van der Waals surface area contributed by atoms with E-state index in [-0.39, 0.29) is 12.1 Å². The van der Waals surface area contributed by atoms with Crippen LogP contribution in [-0.4, -0.2) is 37.1 Å². The van der Waals surface area contributed by atoms with E-state index >= 15 is 0 Å². The number of piperidine rings is 1. The Balaban J connectivity index is 1.61. The summed E-state index contributed by atoms with van der Waals surface area (Å²) in [4.78, 5) is 17.5. The molecule has 4 nitrogen and oxygen atoms in total. The molecule has 2 aliphatic rings. The summed E-state index contributed by atoms with van der Waals surface area (Å²) in [7, 11) is 2.16. The van der Waals surface area contributed by atoms with E-state index in [1.54, 1.807) is 0 Å². The lowest BCUT2D eigenvalue weighted by Crippen LogP contribution is -2.37. The van der Waals surface area contributed by atoms with Crippen LogP contribution in [-0.2, 0) is 6.42 Å². The number of hydrogen-bond acceptors (Lipinski definition) is 3. The van der Waals surface area contributed by atoms with Crippen molar-refractivity contribution in [1.82, 2.24) is 4.90 Å². The Morgan fingerprint density at radius 1 is 1.03 bits per heavy atom. The zero-order valence-electron chi connectivity index (χ0n) is 18.4. The quantitative estimate of drug-likeness (QED) is 0.802. The number of carbonyl (C=O) groups is 1. The topological polar surface area (TPSA) is 35.6 Å². The van der Waals surface area contributed by atoms with Crippen molar-refractivity contribution in [2.24, 2.45) is 0 Å². The zero-order chi connectivity index (χ0) is 20.7. The van der Waals surface area contributed by atoms with Crippen LogP contribution in [0.2, 0.25) is 0 Å². The van der Waals surface area contributed by atoms with Gasteiger partial charge < -0.3 is 15.1 Å². The fourth-order valence-electron chi connectivity index (χ4n) is 4.93. The first-order valence-electron chi connectivity index (χ1n) is 10.9. The summed E-state index contributed by atoms with van der Waals surface area (Å²) in [5.41, 5.74) is 9.64. The molecule has 1 atom stereocenters. The molecule has 154 valence electrons. The average Bonchev–Trinajstić information content (AvgIpc) is 3.01. The molecule has 0 saturated carbocycles. The third-order valence-electron chi connectivity index (χ3n) is 6.72. The molecule has 2 aromatic carbocycles. The molecule has 1 fully saturated rings. The molecule has 2 heterocycles. The standard InChI is InChI=1S/C25H33N3O/c1-16-13-18(3)24-22(14-16)27(5)23(26-24)15-21-17(2)9-10-20(19(21)4)25(29)28-11-7-6-8-12-28/h9-10,13-14,23,26H,6-8,11-12,15H2,1-5H3. The van der Waals surface area contributed by atoms with Gasteiger partial charge in [0.2, 0.25) is 0 Å². The van der Waals surface area contributed by atoms with Crippen molar-refractivity contribution in [2.45, 2.75) is 59.5 Å². The van der Waals surface area contributed by atoms with E-state index in [0.29, 0.717) is 0 Å². The van der Waals surface area contributed by atoms with Gasteiger partial charge in [-0.15, -0.1) is 0 Å². The smallest absolute Gasteiger partial charge is 0.254 e. The summed E-state index contributed by atoms with van der Waals surface area (Å²) in [5, 5.41) is 3.73. The van der Waals surface area contributed by atoms with Gasteiger partial charge in [0.05, 0.1) is 11.4 Å². The normalized spacial score (nSPS) is 18.6. The fourth-order valence-corrected chi connectivity index (χ4v) is 4.93. The van der Waals surface area contributed by atoms with Gasteiger partial charge in [0.15, 0.2) is 0 Å². The Labute approximate surface area is 174 Å². The molecule has 2 aromatic rings. The highest BCUT2D eigenvalue weighted by atomic mass is 16.2. The highest BCUT2D eigenvalue weighted by Crippen LogP contribution is 2.38. The number of carbonyl (C=O) groups excluding carboxylic acids is 1. The molecular weight excluding hydrogens is 358 g/mol. The predicted molar refractivity (Wildman–Crippen MR) is 121 cm³/mol. The summed E-state index contributed by atoms with van der Waals surface area (Å²) in [6.07, 6.45) is 4.56. The number of likely N-dealkylation sites (N-methyl/N-ethyl adjacent to an activating group) is 1. The van der Waals surface area contributed by atoms with Crippen molar-refractivity contribution < 1.29 is 4.79 Å². The molecule has 2 aliphatic heterocycles. The van der Waals surface area contributed by atoms with Gasteiger partial charge in [-0.05, 0) is 86.9 Å². The summed E-state index contributed by atoms with van der Waals surface area (Å²) < 4.78 is 0. The van der Waals surface area contributed by atoms with Gasteiger partial charge in [0, 0.05) is 32.1 Å². The van der Waals surface area contributed by atoms with Crippen molar-refractivity contribution in [3.8, 4) is 0 Å². The van der Waals surface area contributed by atoms with Crippen LogP contribution in [0, 0.1) is 27.7 Å². The maximum absolute atomic E-state index is 13.1. The molecular formula is C25H33N3O. The molecule has 1 amide bonds. The van der Waals surface area contributed by atoms with E-state index in [2.05, 4.69) is 63.2 Å². The summed E-state index contributed by atoms with van der Waals surface area (Å²) >= 11 is 0. The second kappa shape index (κ2) is 7.74. The number of anilines is 2. The Morgan fingerprint density at radius 2 is 1.76 bits per heavy atom. The predicted octanol–water partition coefficient (Wildman–Crippen LogP) is 4.98. The van der Waals surface area contributed by atoms with Crippen LogP contribution in [0.1, 0.15) is 57.4 Å². The van der Waals surface area contributed by atoms with Crippen LogP contribution in [0.15, 0.2) is 24.3 Å². The average molecular weight is 392 g/mol. The Morgan fingerprint density at radius 3 is 2.48 bits per heavy atom. The zero-order valence-corrected chi connectivity index (χ0v) is 18.4. The van der Waals surface area contributed by atoms with E-state index < -0.39 is 0 Å². The monoisotopic (exact) mass is 391 g/mol. The Kier molecular flexibility index (Phi) is 5.28. The number of nitrogens with one attached hydrogen (secondary N) is 1. The van der Waals surface area contributed by atoms with Gasteiger partial charge in [0.1, 0.15) is 6.17 Å². The molecule has 1 N–H and O–H groups in total. The van der Waals surface area contributed by atoms with Crippen LogP contribution < -0.4 is 10.2 Å². The lowest BCUT2D eigenvalue weighted by molar-refractivity contribution is 0.0723. The number of fused-ring (bicyclic) bond motifs is 1. The van der Waals surface area contributed by atoms with Gasteiger partial charge >= 0.3 is 0 Å². The van der Waals surface area contributed by atoms with Crippen molar-refractivity contribution >= 4 is 17.3 Å². The SMILES string of the molecule is Cc1cc(C)c2c(c1)N(C)C(Cc1c(C)ccc(C(=O)N3CCCCC3)c1C)N2. The van der Waals surface area contributed by atoms with E-state index in [0.717, 1.165) is 43.5 Å². The number of aryl methyl sites for hydroxylation is 3. The maximum atomic E-state index is 13.1. The lowest BCUT2D eigenvalue weighted by atomic mass is 9.93. The third-order valence-corrected chi connectivity index (χ3v) is 6.72. The number of likely N-dealkylation sites (tertiary alicyclic amines) is 1. The molecule has 0 bridgehead atoms. The first-order valence-corrected chi connectivity index (χ1v) is 10.9. The van der Waals surface area contributed by atoms with Gasteiger partial charge in [-0.2, -0.15) is 0 Å². The summed E-state index contributed by atoms with van der Waals surface area (Å²) in [6.45, 7) is 10.4. The van der Waals surface area contributed by atoms with Crippen molar-refractivity contribution in [3.63, 3.8) is 0 Å². The second-order valence-corrected chi connectivity index (χ2v) is 8.84. The molecule has 0 spiro atoms. The molecule has 0 aliphatic carbocycles. The van der Waals surface area contributed by atoms with Crippen molar-refractivity contribution in [1.29, 1.82) is 0 Å². The van der Waals surface area contributed by atoms with E-state index in [1.165, 1.54) is 40.0 Å². The van der Waals surface area contributed by atoms with Gasteiger partial charge in [-0.25, -0.2) is 0 Å². The highest BCUT2D eigenvalue weighted by molar-refractivity contribution is 5.96. The van der Waals surface area contributed by atoms with Crippen LogP contribution >= 0.6 is 0 Å². The molecule has 0 radical (unpaired) electrons. The number of rotatable bonds is 3. The van der Waals surface area contributed by atoms with Crippen LogP contribution in [0.4, 0.5) is 11.4 Å². The first kappa shape index (κ1) is 19.8. The lowest BCUT2D eigenvalue weighted by Gasteiger charge is -2.28. The molecule has 29 heavy (non-hydrogen) atoms. The number of hydrogen-bond donors (Lipinski definition) is 1. The third kappa shape index (κ3) is 3.61. The molecule has 4 rings (SSSR count). The van der Waals surface area contributed by atoms with E-state index in [9.17, 15) is 4.79 Å². The van der Waals surface area contributed by atoms with Crippen LogP contribution in [0.25, 0.3) is 0 Å². The van der Waals surface area contributed by atoms with Crippen LogP contribution in [0.3, 0.4) is 0 Å². The fraction of sp³-hybridized carbons (Fsp3) is 0.480. The molecule has 0 aromatic heterocycles. The molecule has 1 saturated heterocycles. The molecule has 1 unspecified atom stereocenters. The molecule has 4 heteroatoms. The number of benzene rings is 2. The van der Waals surface area contributed by atoms with Crippen molar-refractivity contribution in [3.05, 3.63) is 57.6 Å². The summed E-state index contributed by atoms with van der Waals surface area (Å²) in [5.74, 6) is 0.200. The minimum atomic E-state index is 0.197. The first-order chi connectivity index (χ1) is 13.9.